The van der Waals surface area contributed by atoms with Gasteiger partial charge in [0.15, 0.2) is 6.10 Å². The topological polar surface area (TPSA) is 84.9 Å². The second kappa shape index (κ2) is 7.97. The molecule has 0 spiro atoms. The Morgan fingerprint density at radius 1 is 1.22 bits per heavy atom. The van der Waals surface area contributed by atoms with Gasteiger partial charge in [-0.1, -0.05) is 29.8 Å². The molecule has 0 aromatic heterocycles. The molecule has 1 aromatic carbocycles. The van der Waals surface area contributed by atoms with Gasteiger partial charge in [0.05, 0.1) is 12.6 Å². The summed E-state index contributed by atoms with van der Waals surface area (Å²) in [6, 6.07) is 6.18. The molecular formula is C17H25NO5. The highest BCUT2D eigenvalue weighted by Gasteiger charge is 2.31. The summed E-state index contributed by atoms with van der Waals surface area (Å²) in [5, 5.41) is 12.8. The predicted octanol–water partition coefficient (Wildman–Crippen LogP) is 2.48. The molecule has 128 valence electrons. The molecule has 2 atom stereocenters. The predicted molar refractivity (Wildman–Crippen MR) is 85.9 cm³/mol. The van der Waals surface area contributed by atoms with Crippen molar-refractivity contribution in [2.45, 2.75) is 52.4 Å². The van der Waals surface area contributed by atoms with Crippen LogP contribution in [0.5, 0.6) is 0 Å². The van der Waals surface area contributed by atoms with E-state index in [2.05, 4.69) is 5.32 Å². The summed E-state index contributed by atoms with van der Waals surface area (Å²) in [6.45, 7) is 8.90. The number of alkyl carbamates (subject to hydrolysis) is 1. The number of amides is 1. The largest absolute Gasteiger partial charge is 0.464 e. The zero-order valence-electron chi connectivity index (χ0n) is 14.3. The van der Waals surface area contributed by atoms with E-state index in [0.29, 0.717) is 5.56 Å². The van der Waals surface area contributed by atoms with E-state index in [1.165, 1.54) is 0 Å². The Morgan fingerprint density at radius 2 is 1.78 bits per heavy atom. The number of ether oxygens (including phenoxy) is 2. The van der Waals surface area contributed by atoms with Crippen molar-refractivity contribution in [3.63, 3.8) is 0 Å². The van der Waals surface area contributed by atoms with Crippen molar-refractivity contribution in [3.8, 4) is 0 Å². The number of carbonyl (C=O) groups is 2. The molecule has 2 N–H and O–H groups in total. The van der Waals surface area contributed by atoms with Gasteiger partial charge in [0.1, 0.15) is 5.60 Å². The fourth-order valence-corrected chi connectivity index (χ4v) is 1.92. The van der Waals surface area contributed by atoms with Crippen LogP contribution in [0.2, 0.25) is 0 Å². The van der Waals surface area contributed by atoms with E-state index in [0.717, 1.165) is 5.56 Å². The molecule has 1 aromatic rings. The number of nitrogens with one attached hydrogen (secondary N) is 1. The third-order valence-corrected chi connectivity index (χ3v) is 2.95. The maximum Gasteiger partial charge on any atom is 0.408 e. The summed E-state index contributed by atoms with van der Waals surface area (Å²) in [7, 11) is 0. The fraction of sp³-hybridized carbons (Fsp3) is 0.529. The van der Waals surface area contributed by atoms with E-state index in [1.807, 2.05) is 19.1 Å². The van der Waals surface area contributed by atoms with Crippen LogP contribution in [0.15, 0.2) is 24.3 Å². The first-order valence-electron chi connectivity index (χ1n) is 7.55. The Hall–Kier alpha value is -2.08. The zero-order chi connectivity index (χ0) is 17.6. The van der Waals surface area contributed by atoms with Crippen molar-refractivity contribution >= 4 is 12.1 Å². The summed E-state index contributed by atoms with van der Waals surface area (Å²) in [6.07, 6.45) is -2.24. The molecule has 6 heteroatoms. The SMILES string of the molecule is CCOC(=O)[C@H](O)[C@@H](NC(=O)OC(C)(C)C)c1ccc(C)cc1. The van der Waals surface area contributed by atoms with Crippen LogP contribution in [0.1, 0.15) is 44.9 Å². The second-order valence-corrected chi connectivity index (χ2v) is 6.23. The molecule has 0 aliphatic heterocycles. The molecule has 0 fully saturated rings. The Morgan fingerprint density at radius 3 is 2.26 bits per heavy atom. The van der Waals surface area contributed by atoms with E-state index >= 15 is 0 Å². The van der Waals surface area contributed by atoms with Crippen molar-refractivity contribution in [3.05, 3.63) is 35.4 Å². The Labute approximate surface area is 136 Å². The number of aliphatic hydroxyl groups excluding tert-OH is 1. The standard InChI is InChI=1S/C17H25NO5/c1-6-22-15(20)14(19)13(12-9-7-11(2)8-10-12)18-16(21)23-17(3,4)5/h7-10,13-14,19H,6H2,1-5H3,(H,18,21)/t13-,14+/m0/s1. The number of hydrogen-bond donors (Lipinski definition) is 2. The highest BCUT2D eigenvalue weighted by atomic mass is 16.6. The summed E-state index contributed by atoms with van der Waals surface area (Å²) >= 11 is 0. The van der Waals surface area contributed by atoms with Gasteiger partial charge in [-0.3, -0.25) is 0 Å². The lowest BCUT2D eigenvalue weighted by atomic mass is 10.0. The van der Waals surface area contributed by atoms with Gasteiger partial charge in [-0.25, -0.2) is 9.59 Å². The minimum atomic E-state index is -1.52. The van der Waals surface area contributed by atoms with Crippen LogP contribution >= 0.6 is 0 Å². The van der Waals surface area contributed by atoms with Gasteiger partial charge in [-0.05, 0) is 40.2 Å². The molecule has 0 aliphatic rings. The summed E-state index contributed by atoms with van der Waals surface area (Å²) in [4.78, 5) is 23.8. The van der Waals surface area contributed by atoms with E-state index in [-0.39, 0.29) is 6.61 Å². The number of esters is 1. The highest BCUT2D eigenvalue weighted by molar-refractivity contribution is 5.77. The molecule has 0 heterocycles. The third-order valence-electron chi connectivity index (χ3n) is 2.95. The van der Waals surface area contributed by atoms with E-state index < -0.39 is 29.8 Å². The second-order valence-electron chi connectivity index (χ2n) is 6.23. The molecule has 1 rings (SSSR count). The van der Waals surface area contributed by atoms with Gasteiger partial charge in [0, 0.05) is 0 Å². The molecule has 23 heavy (non-hydrogen) atoms. The molecule has 0 aliphatic carbocycles. The van der Waals surface area contributed by atoms with Crippen LogP contribution in [0.3, 0.4) is 0 Å². The van der Waals surface area contributed by atoms with Crippen molar-refractivity contribution in [2.75, 3.05) is 6.61 Å². The van der Waals surface area contributed by atoms with Crippen molar-refractivity contribution < 1.29 is 24.2 Å². The molecule has 1 amide bonds. The zero-order valence-corrected chi connectivity index (χ0v) is 14.3. The number of carbonyl (C=O) groups excluding carboxylic acids is 2. The van der Waals surface area contributed by atoms with Crippen LogP contribution in [0, 0.1) is 6.92 Å². The van der Waals surface area contributed by atoms with Crippen molar-refractivity contribution in [2.24, 2.45) is 0 Å². The first-order valence-corrected chi connectivity index (χ1v) is 7.55. The van der Waals surface area contributed by atoms with Crippen LogP contribution < -0.4 is 5.32 Å². The molecule has 0 unspecified atom stereocenters. The van der Waals surface area contributed by atoms with Gasteiger partial charge in [-0.15, -0.1) is 0 Å². The van der Waals surface area contributed by atoms with Gasteiger partial charge in [-0.2, -0.15) is 0 Å². The normalized spacial score (nSPS) is 13.8. The lowest BCUT2D eigenvalue weighted by molar-refractivity contribution is -0.154. The molecule has 0 bridgehead atoms. The molecule has 0 saturated carbocycles. The summed E-state index contributed by atoms with van der Waals surface area (Å²) < 4.78 is 10.0. The fourth-order valence-electron chi connectivity index (χ4n) is 1.92. The summed E-state index contributed by atoms with van der Waals surface area (Å²) in [5.74, 6) is -0.797. The number of rotatable bonds is 5. The van der Waals surface area contributed by atoms with Crippen LogP contribution in [0.4, 0.5) is 4.79 Å². The lowest BCUT2D eigenvalue weighted by Crippen LogP contribution is -2.43. The molecule has 0 saturated heterocycles. The highest BCUT2D eigenvalue weighted by Crippen LogP contribution is 2.20. The third kappa shape index (κ3) is 6.28. The van der Waals surface area contributed by atoms with Crippen LogP contribution in [-0.4, -0.2) is 35.5 Å². The average molecular weight is 323 g/mol. The molecule has 0 radical (unpaired) electrons. The number of aryl methyl sites for hydroxylation is 1. The molecule has 6 nitrogen and oxygen atoms in total. The van der Waals surface area contributed by atoms with E-state index in [4.69, 9.17) is 9.47 Å². The van der Waals surface area contributed by atoms with E-state index in [1.54, 1.807) is 39.8 Å². The van der Waals surface area contributed by atoms with Crippen molar-refractivity contribution in [1.29, 1.82) is 0 Å². The Bertz CT molecular complexity index is 533. The van der Waals surface area contributed by atoms with Crippen molar-refractivity contribution in [1.82, 2.24) is 5.32 Å². The first-order chi connectivity index (χ1) is 10.6. The Balaban J connectivity index is 2.99. The monoisotopic (exact) mass is 323 g/mol. The maximum absolute atomic E-state index is 12.0. The van der Waals surface area contributed by atoms with Crippen LogP contribution in [-0.2, 0) is 14.3 Å². The summed E-state index contributed by atoms with van der Waals surface area (Å²) in [5.41, 5.74) is 0.925. The quantitative estimate of drug-likeness (QED) is 0.813. The minimum Gasteiger partial charge on any atom is -0.464 e. The van der Waals surface area contributed by atoms with E-state index in [9.17, 15) is 14.7 Å². The van der Waals surface area contributed by atoms with Crippen LogP contribution in [0.25, 0.3) is 0 Å². The smallest absolute Gasteiger partial charge is 0.408 e. The number of hydrogen-bond acceptors (Lipinski definition) is 5. The number of benzene rings is 1. The van der Waals surface area contributed by atoms with Gasteiger partial charge in [0.25, 0.3) is 0 Å². The lowest BCUT2D eigenvalue weighted by Gasteiger charge is -2.26. The van der Waals surface area contributed by atoms with Gasteiger partial charge in [0.2, 0.25) is 0 Å². The maximum atomic E-state index is 12.0. The number of aliphatic hydroxyl groups is 1. The minimum absolute atomic E-state index is 0.142. The Kier molecular flexibility index (Phi) is 6.57. The average Bonchev–Trinajstić information content (AvgIpc) is 2.43. The molecular weight excluding hydrogens is 298 g/mol. The van der Waals surface area contributed by atoms with Gasteiger partial charge < -0.3 is 19.9 Å². The first kappa shape index (κ1) is 19.0. The van der Waals surface area contributed by atoms with Gasteiger partial charge >= 0.3 is 12.1 Å².